The first-order chi connectivity index (χ1) is 27.2. The van der Waals surface area contributed by atoms with Gasteiger partial charge >= 0.3 is 30.0 Å². The first-order valence-corrected chi connectivity index (χ1v) is 18.9. The highest BCUT2D eigenvalue weighted by Crippen LogP contribution is 2.44. The first-order valence-electron chi connectivity index (χ1n) is 18.9. The maximum absolute atomic E-state index is 13.1. The van der Waals surface area contributed by atoms with Crippen LogP contribution >= 0.6 is 0 Å². The van der Waals surface area contributed by atoms with Crippen LogP contribution in [0, 0.1) is 0 Å². The van der Waals surface area contributed by atoms with Crippen molar-refractivity contribution in [1.82, 2.24) is 16.0 Å². The third-order valence-electron chi connectivity index (χ3n) is 9.32. The minimum atomic E-state index is -1.23. The van der Waals surface area contributed by atoms with Gasteiger partial charge in [0.25, 0.3) is 0 Å². The Morgan fingerprint density at radius 1 is 0.754 bits per heavy atom. The average Bonchev–Trinajstić information content (AvgIpc) is 3.47. The SMILES string of the molecule is CC(=O)N[C@H]1[C@H](OCCCCCCNC(=O)[C@H](CCC(=O)O)NC(=O)OCC2c3ccccc3-c3ccccc32)O[C@H](COC(C)=O)[C@H](OC(C)=O)[C@@H]1OC(C)=O. The first kappa shape index (κ1) is 44.2. The molecule has 4 rings (SSSR count). The van der Waals surface area contributed by atoms with Crippen molar-refractivity contribution in [3.05, 3.63) is 59.7 Å². The van der Waals surface area contributed by atoms with Crippen LogP contribution in [0.3, 0.4) is 0 Å². The van der Waals surface area contributed by atoms with E-state index in [-0.39, 0.29) is 45.1 Å². The third kappa shape index (κ3) is 13.3. The van der Waals surface area contributed by atoms with E-state index in [9.17, 15) is 38.7 Å². The number of rotatable bonds is 20. The quantitative estimate of drug-likeness (QED) is 0.0858. The van der Waals surface area contributed by atoms with Gasteiger partial charge in [0.2, 0.25) is 11.8 Å². The summed E-state index contributed by atoms with van der Waals surface area (Å²) in [6, 6.07) is 13.6. The van der Waals surface area contributed by atoms with E-state index in [0.717, 1.165) is 36.1 Å². The molecule has 17 heteroatoms. The van der Waals surface area contributed by atoms with Crippen molar-refractivity contribution >= 4 is 41.8 Å². The standard InChI is InChI=1S/C40H51N3O14/c1-23(44)42-35-37(56-26(4)47)36(55-25(3)46)33(22-53-24(2)45)57-39(35)52-20-12-6-5-11-19-41-38(50)32(17-18-34(48)49)43-40(51)54-21-31-29-15-9-7-13-27(29)28-14-8-10-16-30(28)31/h7-10,13-16,31-33,35-37,39H,5-6,11-12,17-22H2,1-4H3,(H,41,50)(H,42,44)(H,43,51)(H,48,49)/t32-,33+,35+,36-,37+,39+/m0/s1. The maximum Gasteiger partial charge on any atom is 0.407 e. The van der Waals surface area contributed by atoms with Gasteiger partial charge in [-0.3, -0.25) is 28.8 Å². The molecule has 6 atom stereocenters. The highest BCUT2D eigenvalue weighted by atomic mass is 16.7. The normalized spacial score (nSPS) is 20.2. The van der Waals surface area contributed by atoms with Gasteiger partial charge in [0.1, 0.15) is 31.4 Å². The predicted octanol–water partition coefficient (Wildman–Crippen LogP) is 3.11. The molecule has 1 heterocycles. The molecule has 1 saturated heterocycles. The molecule has 0 aromatic heterocycles. The molecule has 1 aliphatic carbocycles. The molecule has 3 amide bonds. The van der Waals surface area contributed by atoms with Gasteiger partial charge in [-0.2, -0.15) is 0 Å². The molecule has 0 bridgehead atoms. The average molecular weight is 798 g/mol. The Bertz CT molecular complexity index is 1710. The number of benzene rings is 2. The number of aliphatic carboxylic acids is 1. The molecule has 4 N–H and O–H groups in total. The fourth-order valence-corrected chi connectivity index (χ4v) is 6.87. The molecule has 0 saturated carbocycles. The van der Waals surface area contributed by atoms with Gasteiger partial charge in [0.05, 0.1) is 0 Å². The lowest BCUT2D eigenvalue weighted by Gasteiger charge is -2.44. The molecule has 310 valence electrons. The number of carbonyl (C=O) groups excluding carboxylic acids is 6. The fourth-order valence-electron chi connectivity index (χ4n) is 6.87. The summed E-state index contributed by atoms with van der Waals surface area (Å²) in [5.74, 6) is -4.38. The van der Waals surface area contributed by atoms with Crippen LogP contribution in [-0.4, -0.2) is 110 Å². The fraction of sp³-hybridized carbons (Fsp3) is 0.525. The summed E-state index contributed by atoms with van der Waals surface area (Å²) in [6.45, 7) is 4.83. The van der Waals surface area contributed by atoms with Gasteiger partial charge < -0.3 is 49.5 Å². The van der Waals surface area contributed by atoms with Gasteiger partial charge in [-0.1, -0.05) is 61.4 Å². The van der Waals surface area contributed by atoms with Crippen LogP contribution in [0.25, 0.3) is 11.1 Å². The van der Waals surface area contributed by atoms with Crippen LogP contribution in [0.2, 0.25) is 0 Å². The maximum atomic E-state index is 13.1. The van der Waals surface area contributed by atoms with E-state index in [0.29, 0.717) is 25.7 Å². The number of alkyl carbamates (subject to hydrolysis) is 1. The van der Waals surface area contributed by atoms with Crippen LogP contribution < -0.4 is 16.0 Å². The molecular formula is C40H51N3O14. The Balaban J connectivity index is 1.24. The summed E-state index contributed by atoms with van der Waals surface area (Å²) < 4.78 is 33.5. The lowest BCUT2D eigenvalue weighted by Crippen LogP contribution is -2.66. The molecule has 17 nitrogen and oxygen atoms in total. The predicted molar refractivity (Wildman–Crippen MR) is 200 cm³/mol. The molecule has 57 heavy (non-hydrogen) atoms. The molecule has 2 aromatic rings. The zero-order valence-corrected chi connectivity index (χ0v) is 32.5. The second-order valence-electron chi connectivity index (χ2n) is 13.8. The number of nitrogens with one attached hydrogen (secondary N) is 3. The summed E-state index contributed by atoms with van der Waals surface area (Å²) in [5.41, 5.74) is 4.20. The number of hydrogen-bond donors (Lipinski definition) is 4. The van der Waals surface area contributed by atoms with Crippen LogP contribution in [0.5, 0.6) is 0 Å². The van der Waals surface area contributed by atoms with Crippen molar-refractivity contribution in [1.29, 1.82) is 0 Å². The largest absolute Gasteiger partial charge is 0.481 e. The Hall–Kier alpha value is -5.55. The summed E-state index contributed by atoms with van der Waals surface area (Å²) in [7, 11) is 0. The van der Waals surface area contributed by atoms with E-state index in [1.54, 1.807) is 0 Å². The van der Waals surface area contributed by atoms with E-state index in [4.69, 9.17) is 28.4 Å². The van der Waals surface area contributed by atoms with Crippen molar-refractivity contribution in [2.45, 2.75) is 109 Å². The number of fused-ring (bicyclic) bond motifs is 3. The van der Waals surface area contributed by atoms with Crippen molar-refractivity contribution in [3.8, 4) is 11.1 Å². The Kier molecular flexibility index (Phi) is 16.8. The topological polar surface area (TPSA) is 231 Å². The van der Waals surface area contributed by atoms with Crippen molar-refractivity contribution in [2.24, 2.45) is 0 Å². The molecule has 1 aliphatic heterocycles. The second kappa shape index (κ2) is 21.7. The van der Waals surface area contributed by atoms with Crippen molar-refractivity contribution in [2.75, 3.05) is 26.4 Å². The minimum absolute atomic E-state index is 0.0358. The van der Waals surface area contributed by atoms with Crippen molar-refractivity contribution in [3.63, 3.8) is 0 Å². The number of carboxylic acid groups (broad SMARTS) is 1. The zero-order valence-electron chi connectivity index (χ0n) is 32.5. The van der Waals surface area contributed by atoms with E-state index >= 15 is 0 Å². The Morgan fingerprint density at radius 3 is 1.96 bits per heavy atom. The van der Waals surface area contributed by atoms with Gasteiger partial charge in [-0.05, 0) is 41.5 Å². The van der Waals surface area contributed by atoms with Gasteiger partial charge in [0.15, 0.2) is 18.5 Å². The molecule has 1 fully saturated rings. The van der Waals surface area contributed by atoms with Crippen LogP contribution in [0.4, 0.5) is 4.79 Å². The number of hydrogen-bond acceptors (Lipinski definition) is 13. The molecule has 0 spiro atoms. The van der Waals surface area contributed by atoms with E-state index in [2.05, 4.69) is 16.0 Å². The molecule has 0 radical (unpaired) electrons. The minimum Gasteiger partial charge on any atom is -0.481 e. The van der Waals surface area contributed by atoms with Crippen molar-refractivity contribution < 1.29 is 67.1 Å². The van der Waals surface area contributed by atoms with Crippen LogP contribution in [0.1, 0.15) is 83.3 Å². The summed E-state index contributed by atoms with van der Waals surface area (Å²) >= 11 is 0. The number of unbranched alkanes of at least 4 members (excludes halogenated alkanes) is 3. The zero-order chi connectivity index (χ0) is 41.5. The molecular weight excluding hydrogens is 746 g/mol. The third-order valence-corrected chi connectivity index (χ3v) is 9.32. The lowest BCUT2D eigenvalue weighted by molar-refractivity contribution is -0.277. The molecule has 2 aromatic carbocycles. The number of esters is 3. The number of amides is 3. The van der Waals surface area contributed by atoms with Crippen LogP contribution in [-0.2, 0) is 57.2 Å². The molecule has 0 unspecified atom stereocenters. The Morgan fingerprint density at radius 2 is 1.37 bits per heavy atom. The van der Waals surface area contributed by atoms with E-state index < -0.39 is 78.5 Å². The number of ether oxygens (including phenoxy) is 6. The van der Waals surface area contributed by atoms with Gasteiger partial charge in [-0.15, -0.1) is 0 Å². The Labute approximate surface area is 330 Å². The lowest BCUT2D eigenvalue weighted by atomic mass is 9.96. The number of carboxylic acids is 1. The monoisotopic (exact) mass is 797 g/mol. The van der Waals surface area contributed by atoms with E-state index in [1.165, 1.54) is 13.8 Å². The summed E-state index contributed by atoms with van der Waals surface area (Å²) in [5, 5.41) is 17.2. The van der Waals surface area contributed by atoms with Crippen LogP contribution in [0.15, 0.2) is 48.5 Å². The van der Waals surface area contributed by atoms with Gasteiger partial charge in [-0.25, -0.2) is 4.79 Å². The van der Waals surface area contributed by atoms with E-state index in [1.807, 2.05) is 48.5 Å². The number of carbonyl (C=O) groups is 7. The summed E-state index contributed by atoms with van der Waals surface area (Å²) in [6.07, 6.45) is -3.63. The molecule has 2 aliphatic rings. The summed E-state index contributed by atoms with van der Waals surface area (Å²) in [4.78, 5) is 84.9. The smallest absolute Gasteiger partial charge is 0.407 e. The highest BCUT2D eigenvalue weighted by molar-refractivity contribution is 5.86. The second-order valence-corrected chi connectivity index (χ2v) is 13.8. The highest BCUT2D eigenvalue weighted by Gasteiger charge is 2.51. The van der Waals surface area contributed by atoms with Gasteiger partial charge in [0, 0.05) is 53.2 Å².